The number of nitrogens with zero attached hydrogens (tertiary/aromatic N) is 3. The average Bonchev–Trinajstić information content (AvgIpc) is 3.02. The fourth-order valence-electron chi connectivity index (χ4n) is 3.66. The number of carbonyl (C=O) groups is 1. The molecule has 0 saturated heterocycles. The van der Waals surface area contributed by atoms with Crippen molar-refractivity contribution in [3.63, 3.8) is 0 Å². The van der Waals surface area contributed by atoms with Gasteiger partial charge in [0, 0.05) is 7.05 Å². The van der Waals surface area contributed by atoms with Crippen LogP contribution in [0.3, 0.4) is 0 Å². The van der Waals surface area contributed by atoms with Crippen molar-refractivity contribution in [3.8, 4) is 0 Å². The normalized spacial score (nSPS) is 18.3. The van der Waals surface area contributed by atoms with Crippen LogP contribution in [0.15, 0.2) is 36.7 Å². The van der Waals surface area contributed by atoms with Crippen LogP contribution in [0.4, 0.5) is 0 Å². The minimum absolute atomic E-state index is 0.110. The fraction of sp³-hybridized carbons (Fsp3) is 0.500. The molecule has 1 fully saturated rings. The lowest BCUT2D eigenvalue weighted by molar-refractivity contribution is -0.128. The molecule has 1 aromatic carbocycles. The number of hydrogen-bond acceptors (Lipinski definition) is 3. The zero-order valence-corrected chi connectivity index (χ0v) is 13.8. The molecule has 5 heteroatoms. The van der Waals surface area contributed by atoms with Crippen molar-refractivity contribution in [2.75, 3.05) is 0 Å². The van der Waals surface area contributed by atoms with Gasteiger partial charge in [0.1, 0.15) is 12.2 Å². The number of amides is 1. The molecular formula is C18H24N4O. The first-order valence-corrected chi connectivity index (χ1v) is 8.34. The predicted octanol–water partition coefficient (Wildman–Crippen LogP) is 2.89. The van der Waals surface area contributed by atoms with Crippen LogP contribution in [0.1, 0.15) is 56.5 Å². The third kappa shape index (κ3) is 3.00. The van der Waals surface area contributed by atoms with E-state index in [9.17, 15) is 4.79 Å². The molecule has 0 unspecified atom stereocenters. The Morgan fingerprint density at radius 3 is 2.52 bits per heavy atom. The van der Waals surface area contributed by atoms with Gasteiger partial charge in [-0.25, -0.2) is 4.98 Å². The summed E-state index contributed by atoms with van der Waals surface area (Å²) < 4.78 is 1.71. The highest BCUT2D eigenvalue weighted by atomic mass is 16.2. The highest BCUT2D eigenvalue weighted by Gasteiger charge is 2.41. The van der Waals surface area contributed by atoms with Crippen LogP contribution >= 0.6 is 0 Å². The summed E-state index contributed by atoms with van der Waals surface area (Å²) in [5, 5.41) is 7.26. The van der Waals surface area contributed by atoms with Crippen LogP contribution in [0.2, 0.25) is 0 Å². The van der Waals surface area contributed by atoms with Crippen molar-refractivity contribution in [2.24, 2.45) is 7.05 Å². The maximum Gasteiger partial charge on any atom is 0.231 e. The number of nitrogens with one attached hydrogen (secondary N) is 1. The second-order valence-electron chi connectivity index (χ2n) is 6.45. The summed E-state index contributed by atoms with van der Waals surface area (Å²) in [6.07, 6.45) is 6.75. The van der Waals surface area contributed by atoms with Crippen molar-refractivity contribution >= 4 is 5.91 Å². The first kappa shape index (κ1) is 15.7. The maximum absolute atomic E-state index is 13.2. The third-order valence-corrected chi connectivity index (χ3v) is 4.95. The van der Waals surface area contributed by atoms with E-state index in [4.69, 9.17) is 0 Å². The second-order valence-corrected chi connectivity index (χ2v) is 6.45. The Hall–Kier alpha value is -2.17. The molecule has 0 bridgehead atoms. The highest BCUT2D eigenvalue weighted by Crippen LogP contribution is 2.40. The molecule has 1 saturated carbocycles. The number of carbonyl (C=O) groups excluding carboxylic acids is 1. The Balaban J connectivity index is 1.85. The Morgan fingerprint density at radius 1 is 1.22 bits per heavy atom. The lowest BCUT2D eigenvalue weighted by Gasteiger charge is -2.37. The van der Waals surface area contributed by atoms with E-state index in [1.54, 1.807) is 4.68 Å². The second kappa shape index (κ2) is 6.52. The summed E-state index contributed by atoms with van der Waals surface area (Å²) in [7, 11) is 1.85. The van der Waals surface area contributed by atoms with Gasteiger partial charge < -0.3 is 5.32 Å². The lowest BCUT2D eigenvalue weighted by Crippen LogP contribution is -2.46. The SMILES string of the molecule is C[C@@H](NC(=O)C1(c2ccccc2)CCCCC1)c1ncnn1C. The predicted molar refractivity (Wildman–Crippen MR) is 88.8 cm³/mol. The van der Waals surface area contributed by atoms with E-state index in [0.717, 1.165) is 37.1 Å². The van der Waals surface area contributed by atoms with Crippen molar-refractivity contribution < 1.29 is 4.79 Å². The Bertz CT molecular complexity index is 659. The first-order valence-electron chi connectivity index (χ1n) is 8.34. The molecule has 1 aliphatic rings. The van der Waals surface area contributed by atoms with E-state index >= 15 is 0 Å². The molecule has 5 nitrogen and oxygen atoms in total. The van der Waals surface area contributed by atoms with Crippen molar-refractivity contribution in [3.05, 3.63) is 48.0 Å². The van der Waals surface area contributed by atoms with Gasteiger partial charge in [-0.1, -0.05) is 49.6 Å². The molecule has 0 aliphatic heterocycles. The van der Waals surface area contributed by atoms with Gasteiger partial charge in [0.15, 0.2) is 0 Å². The monoisotopic (exact) mass is 312 g/mol. The lowest BCUT2D eigenvalue weighted by atomic mass is 9.68. The van der Waals surface area contributed by atoms with Gasteiger partial charge in [0.2, 0.25) is 5.91 Å². The molecule has 1 aliphatic carbocycles. The molecule has 3 rings (SSSR count). The van der Waals surface area contributed by atoms with E-state index < -0.39 is 5.41 Å². The minimum Gasteiger partial charge on any atom is -0.346 e. The average molecular weight is 312 g/mol. The van der Waals surface area contributed by atoms with Crippen LogP contribution in [-0.2, 0) is 17.3 Å². The van der Waals surface area contributed by atoms with E-state index in [2.05, 4.69) is 27.5 Å². The van der Waals surface area contributed by atoms with Crippen LogP contribution in [0.25, 0.3) is 0 Å². The molecule has 0 spiro atoms. The first-order chi connectivity index (χ1) is 11.1. The summed E-state index contributed by atoms with van der Waals surface area (Å²) in [5.41, 5.74) is 0.717. The van der Waals surface area contributed by atoms with Crippen LogP contribution < -0.4 is 5.32 Å². The van der Waals surface area contributed by atoms with Crippen LogP contribution in [-0.4, -0.2) is 20.7 Å². The third-order valence-electron chi connectivity index (χ3n) is 4.95. The summed E-state index contributed by atoms with van der Waals surface area (Å²) in [6, 6.07) is 10.0. The maximum atomic E-state index is 13.2. The number of aromatic nitrogens is 3. The topological polar surface area (TPSA) is 59.8 Å². The Kier molecular flexibility index (Phi) is 4.46. The quantitative estimate of drug-likeness (QED) is 0.944. The largest absolute Gasteiger partial charge is 0.346 e. The summed E-state index contributed by atoms with van der Waals surface area (Å²) in [4.78, 5) is 17.4. The van der Waals surface area contributed by atoms with Crippen LogP contribution in [0.5, 0.6) is 0 Å². The van der Waals surface area contributed by atoms with E-state index in [1.807, 2.05) is 32.2 Å². The molecular weight excluding hydrogens is 288 g/mol. The summed E-state index contributed by atoms with van der Waals surface area (Å²) >= 11 is 0. The van der Waals surface area contributed by atoms with Gasteiger partial charge in [0.05, 0.1) is 11.5 Å². The molecule has 23 heavy (non-hydrogen) atoms. The molecule has 1 aromatic heterocycles. The molecule has 2 aromatic rings. The smallest absolute Gasteiger partial charge is 0.231 e. The van der Waals surface area contributed by atoms with Gasteiger partial charge in [0.25, 0.3) is 0 Å². The number of benzene rings is 1. The van der Waals surface area contributed by atoms with Crippen molar-refractivity contribution in [1.29, 1.82) is 0 Å². The summed E-state index contributed by atoms with van der Waals surface area (Å²) in [5.74, 6) is 0.885. The molecule has 122 valence electrons. The van der Waals surface area contributed by atoms with Gasteiger partial charge in [-0.3, -0.25) is 9.48 Å². The van der Waals surface area contributed by atoms with E-state index in [1.165, 1.54) is 12.7 Å². The van der Waals surface area contributed by atoms with Gasteiger partial charge in [-0.15, -0.1) is 0 Å². The number of aryl methyl sites for hydroxylation is 1. The Labute approximate surface area is 137 Å². The zero-order chi connectivity index (χ0) is 16.3. The van der Waals surface area contributed by atoms with E-state index in [0.29, 0.717) is 0 Å². The summed E-state index contributed by atoms with van der Waals surface area (Å²) in [6.45, 7) is 1.96. The van der Waals surface area contributed by atoms with E-state index in [-0.39, 0.29) is 11.9 Å². The van der Waals surface area contributed by atoms with Gasteiger partial charge in [-0.2, -0.15) is 5.10 Å². The Morgan fingerprint density at radius 2 is 1.91 bits per heavy atom. The molecule has 1 amide bonds. The minimum atomic E-state index is -0.410. The molecule has 1 heterocycles. The van der Waals surface area contributed by atoms with Gasteiger partial charge in [-0.05, 0) is 25.3 Å². The standard InChI is InChI=1S/C18H24N4O/c1-14(16-19-13-20-22(16)2)21-17(23)18(11-7-4-8-12-18)15-9-5-3-6-10-15/h3,5-6,9-10,13-14H,4,7-8,11-12H2,1-2H3,(H,21,23)/t14-/m1/s1. The molecule has 0 radical (unpaired) electrons. The number of hydrogen-bond donors (Lipinski definition) is 1. The molecule has 1 atom stereocenters. The van der Waals surface area contributed by atoms with Crippen LogP contribution in [0, 0.1) is 0 Å². The fourth-order valence-corrected chi connectivity index (χ4v) is 3.66. The van der Waals surface area contributed by atoms with Crippen molar-refractivity contribution in [2.45, 2.75) is 50.5 Å². The van der Waals surface area contributed by atoms with Crippen molar-refractivity contribution in [1.82, 2.24) is 20.1 Å². The zero-order valence-electron chi connectivity index (χ0n) is 13.8. The highest BCUT2D eigenvalue weighted by molar-refractivity contribution is 5.88. The number of rotatable bonds is 4. The van der Waals surface area contributed by atoms with Gasteiger partial charge >= 0.3 is 0 Å². The molecule has 1 N–H and O–H groups in total.